The van der Waals surface area contributed by atoms with Crippen molar-refractivity contribution in [2.75, 3.05) is 13.7 Å². The maximum atomic E-state index is 11.7. The highest BCUT2D eigenvalue weighted by Crippen LogP contribution is 2.24. The number of nitro groups is 1. The fourth-order valence-corrected chi connectivity index (χ4v) is 1.86. The van der Waals surface area contributed by atoms with Crippen molar-refractivity contribution in [3.05, 3.63) is 45.0 Å². The van der Waals surface area contributed by atoms with E-state index in [1.54, 1.807) is 19.1 Å². The van der Waals surface area contributed by atoms with Gasteiger partial charge in [0.05, 0.1) is 17.6 Å². The van der Waals surface area contributed by atoms with Gasteiger partial charge < -0.3 is 10.1 Å². The van der Waals surface area contributed by atoms with Gasteiger partial charge in [0.2, 0.25) is 5.91 Å². The number of non-ortho nitro benzene ring substituents is 1. The molecule has 0 fully saturated rings. The van der Waals surface area contributed by atoms with E-state index in [0.29, 0.717) is 24.1 Å². The number of hydrogen-bond acceptors (Lipinski definition) is 5. The minimum atomic E-state index is -0.617. The van der Waals surface area contributed by atoms with Gasteiger partial charge in [-0.2, -0.15) is 0 Å². The van der Waals surface area contributed by atoms with Crippen molar-refractivity contribution >= 4 is 23.6 Å². The predicted octanol–water partition coefficient (Wildman–Crippen LogP) is 2.23. The Labute approximate surface area is 128 Å². The summed E-state index contributed by atoms with van der Waals surface area (Å²) in [4.78, 5) is 32.8. The number of methoxy groups -OCH3 is 1. The van der Waals surface area contributed by atoms with Crippen molar-refractivity contribution in [2.24, 2.45) is 0 Å². The molecule has 1 amide bonds. The van der Waals surface area contributed by atoms with Gasteiger partial charge in [-0.1, -0.05) is 12.2 Å². The summed E-state index contributed by atoms with van der Waals surface area (Å²) in [6, 6.07) is 2.60. The molecular weight excluding hydrogens is 288 g/mol. The highest BCUT2D eigenvalue weighted by Gasteiger charge is 2.18. The first-order valence-corrected chi connectivity index (χ1v) is 6.65. The summed E-state index contributed by atoms with van der Waals surface area (Å²) in [6.07, 6.45) is 4.05. The fourth-order valence-electron chi connectivity index (χ4n) is 1.86. The van der Waals surface area contributed by atoms with Gasteiger partial charge in [-0.25, -0.2) is 4.79 Å². The summed E-state index contributed by atoms with van der Waals surface area (Å²) < 4.78 is 4.64. The summed E-state index contributed by atoms with van der Waals surface area (Å²) in [5.74, 6) is -0.734. The van der Waals surface area contributed by atoms with Gasteiger partial charge in [-0.3, -0.25) is 14.9 Å². The molecule has 1 N–H and O–H groups in total. The lowest BCUT2D eigenvalue weighted by molar-refractivity contribution is -0.384. The lowest BCUT2D eigenvalue weighted by Crippen LogP contribution is -2.20. The number of nitro benzene ring substituents is 1. The second kappa shape index (κ2) is 7.92. The molecule has 0 unspecified atom stereocenters. The zero-order valence-electron chi connectivity index (χ0n) is 12.7. The summed E-state index contributed by atoms with van der Waals surface area (Å²) >= 11 is 0. The smallest absolute Gasteiger partial charge is 0.338 e. The molecule has 118 valence electrons. The van der Waals surface area contributed by atoms with Gasteiger partial charge in [0.15, 0.2) is 0 Å². The van der Waals surface area contributed by atoms with Crippen molar-refractivity contribution in [3.63, 3.8) is 0 Å². The summed E-state index contributed by atoms with van der Waals surface area (Å²) in [5, 5.41) is 13.6. The van der Waals surface area contributed by atoms with Gasteiger partial charge in [0, 0.05) is 25.6 Å². The third-order valence-electron chi connectivity index (χ3n) is 3.03. The van der Waals surface area contributed by atoms with E-state index in [9.17, 15) is 19.7 Å². The summed E-state index contributed by atoms with van der Waals surface area (Å²) in [6.45, 7) is 3.60. The first-order valence-electron chi connectivity index (χ1n) is 6.65. The molecule has 0 radical (unpaired) electrons. The highest BCUT2D eigenvalue weighted by atomic mass is 16.6. The number of amides is 1. The topological polar surface area (TPSA) is 98.5 Å². The van der Waals surface area contributed by atoms with Crippen molar-refractivity contribution in [1.82, 2.24) is 5.32 Å². The molecule has 0 saturated carbocycles. The molecular formula is C15H18N2O5. The third kappa shape index (κ3) is 4.69. The molecule has 0 heterocycles. The molecule has 0 atom stereocenters. The van der Waals surface area contributed by atoms with Crippen LogP contribution in [0.2, 0.25) is 0 Å². The van der Waals surface area contributed by atoms with E-state index >= 15 is 0 Å². The standard InChI is InChI=1S/C15H18N2O5/c1-10-12(6-4-5-7-16-11(2)18)8-13(17(20)21)9-14(10)15(19)22-3/h4,6,8-9H,5,7H2,1-3H3,(H,16,18). The van der Waals surface area contributed by atoms with Crippen molar-refractivity contribution in [3.8, 4) is 0 Å². The van der Waals surface area contributed by atoms with Gasteiger partial charge in [0.1, 0.15) is 0 Å². The second-order valence-corrected chi connectivity index (χ2v) is 4.63. The molecule has 1 aromatic carbocycles. The van der Waals surface area contributed by atoms with E-state index in [2.05, 4.69) is 10.1 Å². The Bertz CT molecular complexity index is 623. The lowest BCUT2D eigenvalue weighted by Gasteiger charge is -2.07. The third-order valence-corrected chi connectivity index (χ3v) is 3.03. The van der Waals surface area contributed by atoms with Crippen LogP contribution in [-0.2, 0) is 9.53 Å². The van der Waals surface area contributed by atoms with E-state index < -0.39 is 10.9 Å². The van der Waals surface area contributed by atoms with E-state index in [4.69, 9.17) is 0 Å². The lowest BCUT2D eigenvalue weighted by atomic mass is 10.0. The molecule has 7 nitrogen and oxygen atoms in total. The van der Waals surface area contributed by atoms with Crippen LogP contribution in [0.15, 0.2) is 18.2 Å². The molecule has 0 aliphatic heterocycles. The average Bonchev–Trinajstić information content (AvgIpc) is 2.47. The van der Waals surface area contributed by atoms with Crippen LogP contribution in [0, 0.1) is 17.0 Å². The maximum absolute atomic E-state index is 11.7. The largest absolute Gasteiger partial charge is 0.465 e. The molecule has 7 heteroatoms. The first-order chi connectivity index (χ1) is 10.4. The van der Waals surface area contributed by atoms with Gasteiger partial charge in [0.25, 0.3) is 5.69 Å². The van der Waals surface area contributed by atoms with Crippen LogP contribution < -0.4 is 5.32 Å². The summed E-state index contributed by atoms with van der Waals surface area (Å²) in [7, 11) is 1.23. The van der Waals surface area contributed by atoms with Crippen molar-refractivity contribution in [1.29, 1.82) is 0 Å². The SMILES string of the molecule is COC(=O)c1cc([N+](=O)[O-])cc(C=CCCNC(C)=O)c1C. The Morgan fingerprint density at radius 2 is 2.09 bits per heavy atom. The van der Waals surface area contributed by atoms with Crippen LogP contribution in [-0.4, -0.2) is 30.5 Å². The normalized spacial score (nSPS) is 10.5. The first kappa shape index (κ1) is 17.4. The molecule has 0 aliphatic carbocycles. The number of nitrogens with zero attached hydrogens (tertiary/aromatic N) is 1. The molecule has 0 bridgehead atoms. The van der Waals surface area contributed by atoms with Crippen molar-refractivity contribution in [2.45, 2.75) is 20.3 Å². The van der Waals surface area contributed by atoms with Crippen LogP contribution in [0.4, 0.5) is 5.69 Å². The van der Waals surface area contributed by atoms with Gasteiger partial charge in [-0.15, -0.1) is 0 Å². The molecule has 0 saturated heterocycles. The Morgan fingerprint density at radius 1 is 1.41 bits per heavy atom. The zero-order valence-corrected chi connectivity index (χ0v) is 12.7. The van der Waals surface area contributed by atoms with Crippen molar-refractivity contribution < 1.29 is 19.2 Å². The van der Waals surface area contributed by atoms with E-state index in [-0.39, 0.29) is 17.2 Å². The number of nitrogens with one attached hydrogen (secondary N) is 1. The van der Waals surface area contributed by atoms with Gasteiger partial charge in [-0.05, 0) is 24.5 Å². The number of esters is 1. The molecule has 0 aromatic heterocycles. The van der Waals surface area contributed by atoms with E-state index in [0.717, 1.165) is 0 Å². The Kier molecular flexibility index (Phi) is 6.25. The summed E-state index contributed by atoms with van der Waals surface area (Å²) in [5.41, 5.74) is 1.16. The second-order valence-electron chi connectivity index (χ2n) is 4.63. The van der Waals surface area contributed by atoms with Gasteiger partial charge >= 0.3 is 5.97 Å². The maximum Gasteiger partial charge on any atom is 0.338 e. The average molecular weight is 306 g/mol. The highest BCUT2D eigenvalue weighted by molar-refractivity contribution is 5.93. The number of carbonyl (C=O) groups excluding carboxylic acids is 2. The van der Waals surface area contributed by atoms with Crippen LogP contribution >= 0.6 is 0 Å². The monoisotopic (exact) mass is 306 g/mol. The Hall–Kier alpha value is -2.70. The number of ether oxygens (including phenoxy) is 1. The molecule has 1 rings (SSSR count). The fraction of sp³-hybridized carbons (Fsp3) is 0.333. The number of rotatable bonds is 6. The minimum Gasteiger partial charge on any atom is -0.465 e. The van der Waals surface area contributed by atoms with Crippen LogP contribution in [0.1, 0.15) is 34.8 Å². The van der Waals surface area contributed by atoms with Crippen LogP contribution in [0.25, 0.3) is 6.08 Å². The van der Waals surface area contributed by atoms with Crippen LogP contribution in [0.3, 0.4) is 0 Å². The number of hydrogen-bond donors (Lipinski definition) is 1. The van der Waals surface area contributed by atoms with E-state index in [1.807, 2.05) is 0 Å². The molecule has 0 aliphatic rings. The Balaban J connectivity index is 3.04. The quantitative estimate of drug-likeness (QED) is 0.376. The van der Waals surface area contributed by atoms with E-state index in [1.165, 1.54) is 26.2 Å². The number of benzene rings is 1. The minimum absolute atomic E-state index is 0.118. The molecule has 0 spiro atoms. The predicted molar refractivity (Wildman–Crippen MR) is 81.5 cm³/mol. The molecule has 1 aromatic rings. The van der Waals surface area contributed by atoms with Crippen LogP contribution in [0.5, 0.6) is 0 Å². The molecule has 22 heavy (non-hydrogen) atoms. The number of carbonyl (C=O) groups is 2. The Morgan fingerprint density at radius 3 is 2.64 bits per heavy atom. The zero-order chi connectivity index (χ0) is 16.7.